The van der Waals surface area contributed by atoms with Gasteiger partial charge in [-0.3, -0.25) is 9.27 Å². The molecule has 0 aliphatic carbocycles. The minimum atomic E-state index is -2.03. The van der Waals surface area contributed by atoms with Crippen molar-refractivity contribution in [1.82, 2.24) is 4.98 Å². The zero-order chi connectivity index (χ0) is 10.1. The third kappa shape index (κ3) is 3.06. The molecule has 74 valence electrons. The van der Waals surface area contributed by atoms with Crippen molar-refractivity contribution < 1.29 is 8.76 Å². The third-order valence-corrected chi connectivity index (χ3v) is 2.70. The summed E-state index contributed by atoms with van der Waals surface area (Å²) in [6.07, 6.45) is 0. The molecule has 0 aliphatic heterocycles. The first kappa shape index (κ1) is 10.6. The molecule has 1 aromatic rings. The van der Waals surface area contributed by atoms with Gasteiger partial charge < -0.3 is 0 Å². The first-order valence-electron chi connectivity index (χ1n) is 3.73. The van der Waals surface area contributed by atoms with Crippen molar-refractivity contribution in [3.63, 3.8) is 0 Å². The topological polar surface area (TPSA) is 62.2 Å². The number of rotatable bonds is 2. The molecule has 6 heteroatoms. The van der Waals surface area contributed by atoms with Crippen LogP contribution in [0.5, 0.6) is 0 Å². The SMILES string of the molecule is CC(C)(C)c1csc(NS(=O)O)n1. The Morgan fingerprint density at radius 2 is 2.23 bits per heavy atom. The number of nitrogens with zero attached hydrogens (tertiary/aromatic N) is 1. The molecule has 0 saturated carbocycles. The molecule has 1 aromatic heterocycles. The van der Waals surface area contributed by atoms with E-state index in [1.165, 1.54) is 11.3 Å². The summed E-state index contributed by atoms with van der Waals surface area (Å²) >= 11 is -0.703. The van der Waals surface area contributed by atoms with Gasteiger partial charge in [0.2, 0.25) is 0 Å². The summed E-state index contributed by atoms with van der Waals surface area (Å²) in [6, 6.07) is 0. The van der Waals surface area contributed by atoms with E-state index in [4.69, 9.17) is 4.55 Å². The Morgan fingerprint density at radius 1 is 1.62 bits per heavy atom. The number of nitrogens with one attached hydrogen (secondary N) is 1. The lowest BCUT2D eigenvalue weighted by atomic mass is 9.93. The molecule has 0 spiro atoms. The second-order valence-corrected chi connectivity index (χ2v) is 5.20. The summed E-state index contributed by atoms with van der Waals surface area (Å²) in [7, 11) is 0. The molecule has 0 radical (unpaired) electrons. The van der Waals surface area contributed by atoms with Crippen molar-refractivity contribution >= 4 is 27.7 Å². The van der Waals surface area contributed by atoms with E-state index >= 15 is 0 Å². The van der Waals surface area contributed by atoms with E-state index in [-0.39, 0.29) is 5.41 Å². The highest BCUT2D eigenvalue weighted by Gasteiger charge is 2.17. The smallest absolute Gasteiger partial charge is 0.260 e. The lowest BCUT2D eigenvalue weighted by Crippen LogP contribution is -2.11. The minimum Gasteiger partial charge on any atom is -0.289 e. The predicted octanol–water partition coefficient (Wildman–Crippen LogP) is 1.99. The van der Waals surface area contributed by atoms with Crippen LogP contribution >= 0.6 is 11.3 Å². The summed E-state index contributed by atoms with van der Waals surface area (Å²) < 4.78 is 21.3. The van der Waals surface area contributed by atoms with Crippen molar-refractivity contribution in [1.29, 1.82) is 0 Å². The fourth-order valence-corrected chi connectivity index (χ4v) is 2.12. The second-order valence-electron chi connectivity index (χ2n) is 3.64. The highest BCUT2D eigenvalue weighted by atomic mass is 32.2. The van der Waals surface area contributed by atoms with E-state index in [1.807, 2.05) is 26.2 Å². The molecule has 4 nitrogen and oxygen atoms in total. The van der Waals surface area contributed by atoms with E-state index in [2.05, 4.69) is 9.71 Å². The first-order chi connectivity index (χ1) is 5.89. The summed E-state index contributed by atoms with van der Waals surface area (Å²) in [6.45, 7) is 6.13. The molecule has 0 aliphatic rings. The van der Waals surface area contributed by atoms with Crippen LogP contribution in [-0.4, -0.2) is 13.7 Å². The van der Waals surface area contributed by atoms with Gasteiger partial charge in [-0.15, -0.1) is 11.3 Å². The van der Waals surface area contributed by atoms with Gasteiger partial charge in [-0.1, -0.05) is 20.8 Å². The number of thiazole rings is 1. The summed E-state index contributed by atoms with van der Waals surface area (Å²) in [5.41, 5.74) is 0.901. The first-order valence-corrected chi connectivity index (χ1v) is 5.72. The molecule has 0 aromatic carbocycles. The Hall–Kier alpha value is -0.460. The van der Waals surface area contributed by atoms with Gasteiger partial charge in [-0.05, 0) is 0 Å². The maximum absolute atomic E-state index is 10.4. The molecule has 0 amide bonds. The van der Waals surface area contributed by atoms with Crippen LogP contribution in [0.1, 0.15) is 26.5 Å². The minimum absolute atomic E-state index is 0.0205. The van der Waals surface area contributed by atoms with Crippen LogP contribution in [0.25, 0.3) is 0 Å². The molecule has 1 unspecified atom stereocenters. The summed E-state index contributed by atoms with van der Waals surface area (Å²) in [4.78, 5) is 4.18. The maximum atomic E-state index is 10.4. The van der Waals surface area contributed by atoms with Gasteiger partial charge in [0.25, 0.3) is 11.3 Å². The second kappa shape index (κ2) is 3.73. The average Bonchev–Trinajstić information content (AvgIpc) is 2.32. The zero-order valence-electron chi connectivity index (χ0n) is 7.70. The van der Waals surface area contributed by atoms with Gasteiger partial charge in [0.1, 0.15) is 0 Å². The predicted molar refractivity (Wildman–Crippen MR) is 55.2 cm³/mol. The highest BCUT2D eigenvalue weighted by Crippen LogP contribution is 2.26. The quantitative estimate of drug-likeness (QED) is 0.749. The molecule has 2 N–H and O–H groups in total. The third-order valence-electron chi connectivity index (χ3n) is 1.45. The zero-order valence-corrected chi connectivity index (χ0v) is 9.33. The van der Waals surface area contributed by atoms with Crippen molar-refractivity contribution in [2.45, 2.75) is 26.2 Å². The fraction of sp³-hybridized carbons (Fsp3) is 0.571. The molecular formula is C7H12N2O2S2. The van der Waals surface area contributed by atoms with E-state index in [0.717, 1.165) is 5.69 Å². The summed E-state index contributed by atoms with van der Waals surface area (Å²) in [5.74, 6) is 0. The molecular weight excluding hydrogens is 208 g/mol. The highest BCUT2D eigenvalue weighted by molar-refractivity contribution is 7.80. The Bertz CT molecular complexity index is 317. The lowest BCUT2D eigenvalue weighted by Gasteiger charge is -2.13. The van der Waals surface area contributed by atoms with Gasteiger partial charge >= 0.3 is 0 Å². The molecule has 1 heterocycles. The monoisotopic (exact) mass is 220 g/mol. The Morgan fingerprint density at radius 3 is 2.62 bits per heavy atom. The van der Waals surface area contributed by atoms with Crippen LogP contribution in [0.2, 0.25) is 0 Å². The van der Waals surface area contributed by atoms with Crippen molar-refractivity contribution in [3.05, 3.63) is 11.1 Å². The maximum Gasteiger partial charge on any atom is 0.260 e. The van der Waals surface area contributed by atoms with Crippen molar-refractivity contribution in [3.8, 4) is 0 Å². The molecule has 0 fully saturated rings. The van der Waals surface area contributed by atoms with Crippen LogP contribution in [0, 0.1) is 0 Å². The normalized spacial score (nSPS) is 14.2. The number of hydrogen-bond donors (Lipinski definition) is 2. The van der Waals surface area contributed by atoms with Crippen molar-refractivity contribution in [2.75, 3.05) is 4.72 Å². The Kier molecular flexibility index (Phi) is 3.05. The number of anilines is 1. The van der Waals surface area contributed by atoms with Crippen LogP contribution in [0.3, 0.4) is 0 Å². The van der Waals surface area contributed by atoms with E-state index < -0.39 is 11.3 Å². The summed E-state index contributed by atoms with van der Waals surface area (Å²) in [5, 5.41) is 2.36. The van der Waals surface area contributed by atoms with E-state index in [0.29, 0.717) is 5.13 Å². The largest absolute Gasteiger partial charge is 0.289 e. The molecule has 0 saturated heterocycles. The Balaban J connectivity index is 2.81. The van der Waals surface area contributed by atoms with Crippen LogP contribution in [0.15, 0.2) is 5.38 Å². The van der Waals surface area contributed by atoms with Gasteiger partial charge in [-0.25, -0.2) is 9.19 Å². The van der Waals surface area contributed by atoms with E-state index in [1.54, 1.807) is 0 Å². The van der Waals surface area contributed by atoms with Gasteiger partial charge in [0, 0.05) is 10.8 Å². The van der Waals surface area contributed by atoms with Gasteiger partial charge in [0.05, 0.1) is 5.69 Å². The van der Waals surface area contributed by atoms with E-state index in [9.17, 15) is 4.21 Å². The fourth-order valence-electron chi connectivity index (χ4n) is 0.740. The van der Waals surface area contributed by atoms with Crippen molar-refractivity contribution in [2.24, 2.45) is 0 Å². The van der Waals surface area contributed by atoms with Gasteiger partial charge in [0.15, 0.2) is 5.13 Å². The van der Waals surface area contributed by atoms with Crippen LogP contribution < -0.4 is 4.72 Å². The van der Waals surface area contributed by atoms with Gasteiger partial charge in [-0.2, -0.15) is 0 Å². The number of aromatic nitrogens is 1. The average molecular weight is 220 g/mol. The van der Waals surface area contributed by atoms with Crippen LogP contribution in [-0.2, 0) is 16.7 Å². The molecule has 1 rings (SSSR count). The molecule has 13 heavy (non-hydrogen) atoms. The standard InChI is InChI=1S/C7H12N2O2S2/c1-7(2,3)5-4-12-6(8-5)9-13(10)11/h4H,1-3H3,(H,8,9)(H,10,11). The number of hydrogen-bond acceptors (Lipinski definition) is 3. The molecule has 0 bridgehead atoms. The van der Waals surface area contributed by atoms with Crippen LogP contribution in [0.4, 0.5) is 5.13 Å². The lowest BCUT2D eigenvalue weighted by molar-refractivity contribution is 0.567. The molecule has 1 atom stereocenters. The Labute approximate surface area is 83.8 Å².